The summed E-state index contributed by atoms with van der Waals surface area (Å²) < 4.78 is 12.3. The second-order valence-corrected chi connectivity index (χ2v) is 11.1. The molecule has 0 radical (unpaired) electrons. The molecule has 2 N–H and O–H groups in total. The van der Waals surface area contributed by atoms with Crippen LogP contribution in [0.4, 0.5) is 0 Å². The van der Waals surface area contributed by atoms with Gasteiger partial charge in [0.1, 0.15) is 18.5 Å². The topological polar surface area (TPSA) is 81.2 Å². The smallest absolute Gasteiger partial charge is 0.322 e. The quantitative estimate of drug-likeness (QED) is 0.815. The lowest BCUT2D eigenvalue weighted by Crippen LogP contribution is -2.60. The molecule has 3 heterocycles. The van der Waals surface area contributed by atoms with E-state index in [1.54, 1.807) is 0 Å². The van der Waals surface area contributed by atoms with Crippen LogP contribution in [0.5, 0.6) is 12.0 Å². The zero-order valence-corrected chi connectivity index (χ0v) is 18.7. The molecule has 3 rings (SSSR count). The van der Waals surface area contributed by atoms with Gasteiger partial charge in [-0.2, -0.15) is 9.97 Å². The van der Waals surface area contributed by atoms with Crippen molar-refractivity contribution in [3.8, 4) is 12.0 Å². The molecule has 0 aliphatic carbocycles. The third-order valence-corrected chi connectivity index (χ3v) is 5.38. The molecule has 0 saturated carbocycles. The number of aromatic nitrogens is 3. The van der Waals surface area contributed by atoms with E-state index in [0.717, 1.165) is 25.7 Å². The molecule has 7 nitrogen and oxygen atoms in total. The van der Waals surface area contributed by atoms with E-state index < -0.39 is 0 Å². The van der Waals surface area contributed by atoms with Gasteiger partial charge in [-0.3, -0.25) is 0 Å². The monoisotopic (exact) mass is 391 g/mol. The van der Waals surface area contributed by atoms with Crippen LogP contribution in [0.25, 0.3) is 0 Å². The van der Waals surface area contributed by atoms with Crippen molar-refractivity contribution in [1.29, 1.82) is 0 Å². The molecular weight excluding hydrogens is 354 g/mol. The minimum Gasteiger partial charge on any atom is -0.460 e. The zero-order valence-electron chi connectivity index (χ0n) is 18.7. The highest BCUT2D eigenvalue weighted by Gasteiger charge is 2.40. The first-order valence-corrected chi connectivity index (χ1v) is 10.3. The highest BCUT2D eigenvalue weighted by molar-refractivity contribution is 5.06. The summed E-state index contributed by atoms with van der Waals surface area (Å²) in [4.78, 5) is 12.9. The van der Waals surface area contributed by atoms with Gasteiger partial charge in [0.05, 0.1) is 0 Å². The standard InChI is InChI=1S/C21H37N5O2/c1-18(2)9-14(10-19(3,4)25-18)27-16-22-13-23-17(24-16)28-15-11-20(5,6)26-21(7,8)12-15/h13-15,25-26H,9-12H2,1-8H3. The van der Waals surface area contributed by atoms with Gasteiger partial charge in [0.2, 0.25) is 0 Å². The van der Waals surface area contributed by atoms with Crippen molar-refractivity contribution in [2.24, 2.45) is 0 Å². The average molecular weight is 392 g/mol. The first kappa shape index (κ1) is 21.2. The Morgan fingerprint density at radius 2 is 1.00 bits per heavy atom. The van der Waals surface area contributed by atoms with Crippen LogP contribution in [0, 0.1) is 0 Å². The Morgan fingerprint density at radius 3 is 1.32 bits per heavy atom. The SMILES string of the molecule is CC1(C)CC(Oc2ncnc(OC3CC(C)(C)NC(C)(C)C3)n2)CC(C)(C)N1. The molecule has 0 spiro atoms. The van der Waals surface area contributed by atoms with Gasteiger partial charge < -0.3 is 20.1 Å². The van der Waals surface area contributed by atoms with Crippen LogP contribution in [-0.4, -0.2) is 49.3 Å². The van der Waals surface area contributed by atoms with Crippen molar-refractivity contribution in [3.05, 3.63) is 6.33 Å². The third-order valence-electron chi connectivity index (χ3n) is 5.38. The van der Waals surface area contributed by atoms with Crippen LogP contribution < -0.4 is 20.1 Å². The van der Waals surface area contributed by atoms with E-state index in [1.807, 2.05) is 0 Å². The lowest BCUT2D eigenvalue weighted by atomic mass is 9.81. The normalized spacial score (nSPS) is 26.6. The molecule has 0 unspecified atom stereocenters. The summed E-state index contributed by atoms with van der Waals surface area (Å²) in [5.74, 6) is 0. The van der Waals surface area contributed by atoms with E-state index in [9.17, 15) is 0 Å². The molecular formula is C21H37N5O2. The minimum atomic E-state index is 0.00500. The largest absolute Gasteiger partial charge is 0.460 e. The van der Waals surface area contributed by atoms with E-state index in [0.29, 0.717) is 12.0 Å². The van der Waals surface area contributed by atoms with Gasteiger partial charge in [-0.15, -0.1) is 4.98 Å². The Labute approximate surface area is 169 Å². The van der Waals surface area contributed by atoms with Crippen LogP contribution in [0.3, 0.4) is 0 Å². The summed E-state index contributed by atoms with van der Waals surface area (Å²) in [5, 5.41) is 7.33. The first-order valence-electron chi connectivity index (χ1n) is 10.3. The summed E-state index contributed by atoms with van der Waals surface area (Å²) in [6, 6.07) is 0.687. The van der Waals surface area contributed by atoms with E-state index in [2.05, 4.69) is 81.0 Å². The number of piperidine rings is 2. The molecule has 0 amide bonds. The van der Waals surface area contributed by atoms with Crippen LogP contribution >= 0.6 is 0 Å². The lowest BCUT2D eigenvalue weighted by Gasteiger charge is -2.46. The molecule has 1 aromatic rings. The van der Waals surface area contributed by atoms with Crippen LogP contribution in [0.1, 0.15) is 81.1 Å². The molecule has 0 bridgehead atoms. The fourth-order valence-corrected chi connectivity index (χ4v) is 5.30. The predicted molar refractivity (Wildman–Crippen MR) is 110 cm³/mol. The predicted octanol–water partition coefficient (Wildman–Crippen LogP) is 3.25. The van der Waals surface area contributed by atoms with Gasteiger partial charge in [-0.05, 0) is 55.4 Å². The van der Waals surface area contributed by atoms with E-state index in [4.69, 9.17) is 9.47 Å². The highest BCUT2D eigenvalue weighted by atomic mass is 16.5. The van der Waals surface area contributed by atoms with Crippen molar-refractivity contribution in [2.45, 2.75) is 115 Å². The van der Waals surface area contributed by atoms with Crippen molar-refractivity contribution < 1.29 is 9.47 Å². The Morgan fingerprint density at radius 1 is 0.679 bits per heavy atom. The second kappa shape index (κ2) is 7.10. The molecule has 1 aromatic heterocycles. The zero-order chi connectivity index (χ0) is 20.8. The summed E-state index contributed by atoms with van der Waals surface area (Å²) in [5.41, 5.74) is 0.0200. The Balaban J connectivity index is 1.67. The maximum Gasteiger partial charge on any atom is 0.322 e. The maximum atomic E-state index is 6.14. The molecule has 7 heteroatoms. The molecule has 28 heavy (non-hydrogen) atoms. The van der Waals surface area contributed by atoms with Crippen molar-refractivity contribution in [1.82, 2.24) is 25.6 Å². The van der Waals surface area contributed by atoms with E-state index in [1.165, 1.54) is 6.33 Å². The van der Waals surface area contributed by atoms with Gasteiger partial charge in [0, 0.05) is 47.8 Å². The van der Waals surface area contributed by atoms with Crippen molar-refractivity contribution in [2.75, 3.05) is 0 Å². The second-order valence-electron chi connectivity index (χ2n) is 11.1. The van der Waals surface area contributed by atoms with Crippen LogP contribution in [-0.2, 0) is 0 Å². The Kier molecular flexibility index (Phi) is 5.38. The molecule has 2 saturated heterocycles. The lowest BCUT2D eigenvalue weighted by molar-refractivity contribution is 0.0413. The number of nitrogens with one attached hydrogen (secondary N) is 2. The highest BCUT2D eigenvalue weighted by Crippen LogP contribution is 2.32. The average Bonchev–Trinajstić information content (AvgIpc) is 2.40. The third kappa shape index (κ3) is 5.77. The van der Waals surface area contributed by atoms with Gasteiger partial charge in [0.15, 0.2) is 0 Å². The summed E-state index contributed by atoms with van der Waals surface area (Å²) in [7, 11) is 0. The number of nitrogens with zero attached hydrogens (tertiary/aromatic N) is 3. The number of hydrogen-bond acceptors (Lipinski definition) is 7. The van der Waals surface area contributed by atoms with Gasteiger partial charge >= 0.3 is 12.0 Å². The fourth-order valence-electron chi connectivity index (χ4n) is 5.30. The van der Waals surface area contributed by atoms with Gasteiger partial charge in [-0.25, -0.2) is 0 Å². The fraction of sp³-hybridized carbons (Fsp3) is 0.857. The van der Waals surface area contributed by atoms with Crippen LogP contribution in [0.2, 0.25) is 0 Å². The molecule has 158 valence electrons. The summed E-state index contributed by atoms with van der Waals surface area (Å²) >= 11 is 0. The van der Waals surface area contributed by atoms with Crippen LogP contribution in [0.15, 0.2) is 6.33 Å². The Bertz CT molecular complexity index is 615. The first-order chi connectivity index (χ1) is 12.7. The Hall–Kier alpha value is -1.47. The number of hydrogen-bond donors (Lipinski definition) is 2. The van der Waals surface area contributed by atoms with Crippen molar-refractivity contribution in [3.63, 3.8) is 0 Å². The van der Waals surface area contributed by atoms with Gasteiger partial charge in [-0.1, -0.05) is 0 Å². The number of rotatable bonds is 4. The molecule has 0 aromatic carbocycles. The number of ether oxygens (including phenoxy) is 2. The maximum absolute atomic E-state index is 6.14. The van der Waals surface area contributed by atoms with Crippen molar-refractivity contribution >= 4 is 0 Å². The summed E-state index contributed by atoms with van der Waals surface area (Å²) in [6.45, 7) is 17.6. The molecule has 2 fully saturated rings. The summed E-state index contributed by atoms with van der Waals surface area (Å²) in [6.07, 6.45) is 5.18. The molecule has 2 aliphatic rings. The minimum absolute atomic E-state index is 0.00500. The van der Waals surface area contributed by atoms with E-state index in [-0.39, 0.29) is 34.4 Å². The molecule has 0 atom stereocenters. The van der Waals surface area contributed by atoms with E-state index >= 15 is 0 Å². The molecule has 2 aliphatic heterocycles. The van der Waals surface area contributed by atoms with Gasteiger partial charge in [0.25, 0.3) is 0 Å².